The molecule has 1 N–H and O–H groups in total. The molecule has 1 aromatic heterocycles. The standard InChI is InChI=1S/C18H19F3N4O2/c1-3-17(26)22-9-12-8-15-16(11-24(2)23-15)25(10-12)13-4-6-14(7-5-13)27-18(19,20)21/h3-7,11-12H,1,8-10H2,2H3,(H,22,26). The van der Waals surface area contributed by atoms with Crippen LogP contribution in [0.5, 0.6) is 5.75 Å². The van der Waals surface area contributed by atoms with Gasteiger partial charge in [-0.1, -0.05) is 6.58 Å². The maximum absolute atomic E-state index is 12.3. The molecule has 1 aliphatic rings. The number of aromatic nitrogens is 2. The Morgan fingerprint density at radius 2 is 2.11 bits per heavy atom. The molecule has 6 nitrogen and oxygen atoms in total. The van der Waals surface area contributed by atoms with E-state index in [0.29, 0.717) is 19.5 Å². The number of hydrogen-bond donors (Lipinski definition) is 1. The lowest BCUT2D eigenvalue weighted by Gasteiger charge is -2.33. The second-order valence-corrected chi connectivity index (χ2v) is 6.31. The molecule has 0 radical (unpaired) electrons. The first-order valence-corrected chi connectivity index (χ1v) is 8.31. The molecular formula is C18H19F3N4O2. The van der Waals surface area contributed by atoms with E-state index in [9.17, 15) is 18.0 Å². The zero-order chi connectivity index (χ0) is 19.6. The molecule has 27 heavy (non-hydrogen) atoms. The summed E-state index contributed by atoms with van der Waals surface area (Å²) in [7, 11) is 1.81. The lowest BCUT2D eigenvalue weighted by Crippen LogP contribution is -2.38. The van der Waals surface area contributed by atoms with Gasteiger partial charge in [0.2, 0.25) is 5.91 Å². The minimum Gasteiger partial charge on any atom is -0.406 e. The smallest absolute Gasteiger partial charge is 0.406 e. The van der Waals surface area contributed by atoms with E-state index in [0.717, 1.165) is 17.1 Å². The Kier molecular flexibility index (Phi) is 5.11. The van der Waals surface area contributed by atoms with Gasteiger partial charge in [-0.05, 0) is 42.7 Å². The van der Waals surface area contributed by atoms with Crippen LogP contribution in [-0.2, 0) is 18.3 Å². The van der Waals surface area contributed by atoms with E-state index in [1.54, 1.807) is 16.8 Å². The van der Waals surface area contributed by atoms with Gasteiger partial charge in [0.1, 0.15) is 5.75 Å². The number of nitrogens with one attached hydrogen (secondary N) is 1. The van der Waals surface area contributed by atoms with Crippen molar-refractivity contribution in [2.24, 2.45) is 13.0 Å². The zero-order valence-corrected chi connectivity index (χ0v) is 14.7. The van der Waals surface area contributed by atoms with E-state index < -0.39 is 6.36 Å². The summed E-state index contributed by atoms with van der Waals surface area (Å²) < 4.78 is 42.6. The summed E-state index contributed by atoms with van der Waals surface area (Å²) >= 11 is 0. The number of ether oxygens (including phenoxy) is 1. The van der Waals surface area contributed by atoms with Crippen LogP contribution in [0.2, 0.25) is 0 Å². The summed E-state index contributed by atoms with van der Waals surface area (Å²) in [6.07, 6.45) is -0.947. The Hall–Kier alpha value is -2.97. The highest BCUT2D eigenvalue weighted by molar-refractivity contribution is 5.86. The van der Waals surface area contributed by atoms with Gasteiger partial charge in [0.15, 0.2) is 0 Å². The molecule has 0 spiro atoms. The molecule has 0 saturated carbocycles. The fourth-order valence-corrected chi connectivity index (χ4v) is 3.11. The Morgan fingerprint density at radius 1 is 1.41 bits per heavy atom. The largest absolute Gasteiger partial charge is 0.573 e. The monoisotopic (exact) mass is 380 g/mol. The molecule has 1 unspecified atom stereocenters. The molecule has 144 valence electrons. The van der Waals surface area contributed by atoms with Gasteiger partial charge in [-0.25, -0.2) is 0 Å². The SMILES string of the molecule is C=CC(=O)NCC1Cc2nn(C)cc2N(c2ccc(OC(F)(F)F)cc2)C1. The molecule has 2 aromatic rings. The number of alkyl halides is 3. The predicted molar refractivity (Wildman–Crippen MR) is 93.7 cm³/mol. The molecule has 0 aliphatic carbocycles. The molecule has 1 amide bonds. The number of hydrogen-bond acceptors (Lipinski definition) is 4. The van der Waals surface area contributed by atoms with E-state index in [-0.39, 0.29) is 17.6 Å². The van der Waals surface area contributed by atoms with Gasteiger partial charge in [-0.15, -0.1) is 13.2 Å². The highest BCUT2D eigenvalue weighted by Gasteiger charge is 2.32. The number of amides is 1. The molecule has 1 atom stereocenters. The van der Waals surface area contributed by atoms with Gasteiger partial charge in [-0.2, -0.15) is 5.10 Å². The average molecular weight is 380 g/mol. The van der Waals surface area contributed by atoms with Crippen LogP contribution >= 0.6 is 0 Å². The van der Waals surface area contributed by atoms with Crippen LogP contribution in [0, 0.1) is 5.92 Å². The third-order valence-electron chi connectivity index (χ3n) is 4.23. The Labute approximate surface area is 154 Å². The van der Waals surface area contributed by atoms with E-state index in [1.165, 1.54) is 18.2 Å². The topological polar surface area (TPSA) is 59.4 Å². The van der Waals surface area contributed by atoms with Crippen LogP contribution in [-0.4, -0.2) is 35.1 Å². The van der Waals surface area contributed by atoms with Gasteiger partial charge in [-0.3, -0.25) is 9.48 Å². The van der Waals surface area contributed by atoms with Gasteiger partial charge in [0.05, 0.1) is 11.4 Å². The van der Waals surface area contributed by atoms with Crippen LogP contribution in [0.1, 0.15) is 5.69 Å². The number of rotatable bonds is 5. The van der Waals surface area contributed by atoms with E-state index in [2.05, 4.69) is 21.7 Å². The summed E-state index contributed by atoms with van der Waals surface area (Å²) in [5.41, 5.74) is 2.49. The molecular weight excluding hydrogens is 361 g/mol. The lowest BCUT2D eigenvalue weighted by atomic mass is 9.96. The first-order valence-electron chi connectivity index (χ1n) is 8.31. The first-order chi connectivity index (χ1) is 12.7. The minimum absolute atomic E-state index is 0.0994. The number of benzene rings is 1. The Morgan fingerprint density at radius 3 is 2.74 bits per heavy atom. The summed E-state index contributed by atoms with van der Waals surface area (Å²) in [4.78, 5) is 13.4. The third kappa shape index (κ3) is 4.60. The molecule has 0 saturated heterocycles. The molecule has 0 fully saturated rings. The summed E-state index contributed by atoms with van der Waals surface area (Å²) in [6.45, 7) is 4.47. The Balaban J connectivity index is 1.82. The number of halogens is 3. The van der Waals surface area contributed by atoms with Crippen molar-refractivity contribution in [2.75, 3.05) is 18.0 Å². The van der Waals surface area contributed by atoms with Crippen molar-refractivity contribution >= 4 is 17.3 Å². The van der Waals surface area contributed by atoms with Crippen LogP contribution in [0.3, 0.4) is 0 Å². The molecule has 1 aliphatic heterocycles. The number of nitrogens with zero attached hydrogens (tertiary/aromatic N) is 3. The van der Waals surface area contributed by atoms with Gasteiger partial charge >= 0.3 is 6.36 Å². The number of carbonyl (C=O) groups excluding carboxylic acids is 1. The second-order valence-electron chi connectivity index (χ2n) is 6.31. The van der Waals surface area contributed by atoms with Crippen LogP contribution in [0.4, 0.5) is 24.5 Å². The van der Waals surface area contributed by atoms with Crippen molar-refractivity contribution in [2.45, 2.75) is 12.8 Å². The highest BCUT2D eigenvalue weighted by Crippen LogP contribution is 2.35. The molecule has 3 rings (SSSR count). The number of carbonyl (C=O) groups is 1. The van der Waals surface area contributed by atoms with Crippen molar-refractivity contribution in [3.8, 4) is 5.75 Å². The molecule has 2 heterocycles. The van der Waals surface area contributed by atoms with Crippen molar-refractivity contribution in [3.05, 3.63) is 48.8 Å². The fraction of sp³-hybridized carbons (Fsp3) is 0.333. The normalized spacial score (nSPS) is 16.6. The quantitative estimate of drug-likeness (QED) is 0.811. The second kappa shape index (κ2) is 7.34. The average Bonchev–Trinajstić information content (AvgIpc) is 2.98. The van der Waals surface area contributed by atoms with Crippen molar-refractivity contribution < 1.29 is 22.7 Å². The van der Waals surface area contributed by atoms with E-state index in [1.807, 2.05) is 18.1 Å². The summed E-state index contributed by atoms with van der Waals surface area (Å²) in [5.74, 6) is -0.422. The summed E-state index contributed by atoms with van der Waals surface area (Å²) in [6, 6.07) is 5.70. The van der Waals surface area contributed by atoms with Crippen LogP contribution in [0.15, 0.2) is 43.1 Å². The molecule has 9 heteroatoms. The van der Waals surface area contributed by atoms with Crippen molar-refractivity contribution in [1.82, 2.24) is 15.1 Å². The lowest BCUT2D eigenvalue weighted by molar-refractivity contribution is -0.274. The van der Waals surface area contributed by atoms with E-state index >= 15 is 0 Å². The third-order valence-corrected chi connectivity index (χ3v) is 4.23. The van der Waals surface area contributed by atoms with E-state index in [4.69, 9.17) is 0 Å². The first kappa shape index (κ1) is 18.8. The van der Waals surface area contributed by atoms with Crippen molar-refractivity contribution in [1.29, 1.82) is 0 Å². The van der Waals surface area contributed by atoms with Gasteiger partial charge < -0.3 is 15.0 Å². The molecule has 0 bridgehead atoms. The Bertz CT molecular complexity index is 830. The van der Waals surface area contributed by atoms with Crippen molar-refractivity contribution in [3.63, 3.8) is 0 Å². The maximum atomic E-state index is 12.3. The van der Waals surface area contributed by atoms with Gasteiger partial charge in [0, 0.05) is 32.0 Å². The van der Waals surface area contributed by atoms with Crippen LogP contribution in [0.25, 0.3) is 0 Å². The number of fused-ring (bicyclic) bond motifs is 1. The zero-order valence-electron chi connectivity index (χ0n) is 14.7. The summed E-state index contributed by atoms with van der Waals surface area (Å²) in [5, 5.41) is 7.24. The highest BCUT2D eigenvalue weighted by atomic mass is 19.4. The fourth-order valence-electron chi connectivity index (χ4n) is 3.11. The van der Waals surface area contributed by atoms with Gasteiger partial charge in [0.25, 0.3) is 0 Å². The number of aryl methyl sites for hydroxylation is 1. The maximum Gasteiger partial charge on any atom is 0.573 e. The predicted octanol–water partition coefficient (Wildman–Crippen LogP) is 2.93. The minimum atomic E-state index is -4.72. The van der Waals surface area contributed by atoms with Crippen LogP contribution < -0.4 is 15.0 Å². The number of anilines is 2. The molecule has 1 aromatic carbocycles.